The fourth-order valence-electron chi connectivity index (χ4n) is 1.07. The minimum Gasteiger partial charge on any atom is -0.433 e. The van der Waals surface area contributed by atoms with E-state index in [-0.39, 0.29) is 13.0 Å². The maximum atomic E-state index is 11.2. The second-order valence-electron chi connectivity index (χ2n) is 3.15. The predicted octanol–water partition coefficient (Wildman–Crippen LogP) is 0.944. The van der Waals surface area contributed by atoms with E-state index in [1.807, 2.05) is 30.3 Å². The second-order valence-corrected chi connectivity index (χ2v) is 3.15. The van der Waals surface area contributed by atoms with Gasteiger partial charge in [0.25, 0.3) is 0 Å². The molecular weight excluding hydrogens is 208 g/mol. The highest BCUT2D eigenvalue weighted by atomic mass is 16.6. The topological polar surface area (TPSA) is 66.8 Å². The molecule has 0 amide bonds. The van der Waals surface area contributed by atoms with Gasteiger partial charge in [-0.1, -0.05) is 30.3 Å². The van der Waals surface area contributed by atoms with Crippen LogP contribution in [0.15, 0.2) is 36.4 Å². The molecule has 4 heteroatoms. The van der Waals surface area contributed by atoms with Crippen molar-refractivity contribution in [3.05, 3.63) is 42.0 Å². The van der Waals surface area contributed by atoms with Crippen LogP contribution in [0.4, 0.5) is 0 Å². The van der Waals surface area contributed by atoms with Crippen molar-refractivity contribution in [2.24, 2.45) is 0 Å². The highest BCUT2D eigenvalue weighted by Crippen LogP contribution is 2.02. The number of carbonyl (C=O) groups is 1. The molecule has 1 aromatic carbocycles. The highest BCUT2D eigenvalue weighted by molar-refractivity contribution is 5.87. The van der Waals surface area contributed by atoms with Crippen molar-refractivity contribution in [1.82, 2.24) is 0 Å². The van der Waals surface area contributed by atoms with Crippen LogP contribution in [0.2, 0.25) is 0 Å². The summed E-state index contributed by atoms with van der Waals surface area (Å²) in [5.74, 6) is -0.634. The maximum absolute atomic E-state index is 11.2. The van der Waals surface area contributed by atoms with Crippen LogP contribution in [0, 0.1) is 0 Å². The molecule has 0 radical (unpaired) electrons. The average Bonchev–Trinajstić information content (AvgIpc) is 2.28. The average molecular weight is 222 g/mol. The van der Waals surface area contributed by atoms with Gasteiger partial charge in [0.15, 0.2) is 0 Å². The standard InChI is InChI=1S/C12H14O4/c13-9-8-12(15)16-11(14)7-6-10-4-2-1-3-5-10/h1-7,12-13,15H,8-9H2/b7-6+. The first-order chi connectivity index (χ1) is 7.72. The number of benzene rings is 1. The molecule has 16 heavy (non-hydrogen) atoms. The fraction of sp³-hybridized carbons (Fsp3) is 0.250. The van der Waals surface area contributed by atoms with Crippen LogP contribution in [-0.4, -0.2) is 29.1 Å². The molecule has 0 fully saturated rings. The summed E-state index contributed by atoms with van der Waals surface area (Å²) in [6.07, 6.45) is 1.59. The number of ether oxygens (including phenoxy) is 1. The predicted molar refractivity (Wildman–Crippen MR) is 59.3 cm³/mol. The molecule has 1 rings (SSSR count). The summed E-state index contributed by atoms with van der Waals surface area (Å²) in [6, 6.07) is 9.26. The molecule has 0 aromatic heterocycles. The quantitative estimate of drug-likeness (QED) is 0.442. The van der Waals surface area contributed by atoms with Gasteiger partial charge < -0.3 is 14.9 Å². The Morgan fingerprint density at radius 1 is 1.38 bits per heavy atom. The Labute approximate surface area is 93.8 Å². The minimum absolute atomic E-state index is 0.0188. The van der Waals surface area contributed by atoms with E-state index in [1.165, 1.54) is 6.08 Å². The molecule has 0 aliphatic rings. The largest absolute Gasteiger partial charge is 0.433 e. The lowest BCUT2D eigenvalue weighted by molar-refractivity contribution is -0.163. The van der Waals surface area contributed by atoms with Gasteiger partial charge in [-0.05, 0) is 11.6 Å². The van der Waals surface area contributed by atoms with E-state index in [0.717, 1.165) is 5.56 Å². The Morgan fingerprint density at radius 2 is 2.06 bits per heavy atom. The van der Waals surface area contributed by atoms with Crippen LogP contribution < -0.4 is 0 Å². The van der Waals surface area contributed by atoms with Crippen molar-refractivity contribution in [1.29, 1.82) is 0 Å². The van der Waals surface area contributed by atoms with E-state index in [9.17, 15) is 4.79 Å². The lowest BCUT2D eigenvalue weighted by Gasteiger charge is -2.07. The van der Waals surface area contributed by atoms with Gasteiger partial charge in [0.1, 0.15) is 0 Å². The third kappa shape index (κ3) is 4.72. The molecule has 0 aliphatic heterocycles. The normalized spacial score (nSPS) is 12.6. The van der Waals surface area contributed by atoms with Crippen molar-refractivity contribution in [2.75, 3.05) is 6.61 Å². The summed E-state index contributed by atoms with van der Waals surface area (Å²) in [4.78, 5) is 11.2. The Bertz CT molecular complexity index is 345. The molecule has 86 valence electrons. The van der Waals surface area contributed by atoms with Crippen LogP contribution in [-0.2, 0) is 9.53 Å². The van der Waals surface area contributed by atoms with Gasteiger partial charge in [-0.15, -0.1) is 0 Å². The fourth-order valence-corrected chi connectivity index (χ4v) is 1.07. The number of hydrogen-bond donors (Lipinski definition) is 2. The van der Waals surface area contributed by atoms with Crippen LogP contribution >= 0.6 is 0 Å². The number of rotatable bonds is 5. The van der Waals surface area contributed by atoms with Crippen LogP contribution in [0.5, 0.6) is 0 Å². The van der Waals surface area contributed by atoms with Crippen LogP contribution in [0.3, 0.4) is 0 Å². The summed E-state index contributed by atoms with van der Waals surface area (Å²) in [5, 5.41) is 17.6. The van der Waals surface area contributed by atoms with E-state index in [0.29, 0.717) is 0 Å². The Morgan fingerprint density at radius 3 is 2.69 bits per heavy atom. The molecule has 0 spiro atoms. The number of esters is 1. The summed E-state index contributed by atoms with van der Waals surface area (Å²) in [6.45, 7) is -0.225. The number of hydrogen-bond acceptors (Lipinski definition) is 4. The van der Waals surface area contributed by atoms with E-state index >= 15 is 0 Å². The molecule has 1 aromatic rings. The molecule has 1 unspecified atom stereocenters. The van der Waals surface area contributed by atoms with E-state index < -0.39 is 12.3 Å². The minimum atomic E-state index is -1.25. The van der Waals surface area contributed by atoms with Gasteiger partial charge in [0.2, 0.25) is 6.29 Å². The lowest BCUT2D eigenvalue weighted by Crippen LogP contribution is -2.17. The number of aliphatic hydroxyl groups excluding tert-OH is 2. The summed E-state index contributed by atoms with van der Waals surface area (Å²) in [7, 11) is 0. The van der Waals surface area contributed by atoms with Gasteiger partial charge in [-0.3, -0.25) is 0 Å². The Balaban J connectivity index is 2.42. The van der Waals surface area contributed by atoms with Gasteiger partial charge in [0, 0.05) is 19.1 Å². The molecule has 4 nitrogen and oxygen atoms in total. The first-order valence-electron chi connectivity index (χ1n) is 4.95. The third-order valence-corrected chi connectivity index (χ3v) is 1.84. The van der Waals surface area contributed by atoms with Crippen molar-refractivity contribution in [3.8, 4) is 0 Å². The molecule has 0 bridgehead atoms. The van der Waals surface area contributed by atoms with Crippen molar-refractivity contribution in [2.45, 2.75) is 12.7 Å². The smallest absolute Gasteiger partial charge is 0.333 e. The van der Waals surface area contributed by atoms with E-state index in [1.54, 1.807) is 6.08 Å². The van der Waals surface area contributed by atoms with Crippen molar-refractivity contribution in [3.63, 3.8) is 0 Å². The zero-order valence-electron chi connectivity index (χ0n) is 8.74. The Hall–Kier alpha value is -1.65. The van der Waals surface area contributed by atoms with Gasteiger partial charge >= 0.3 is 5.97 Å². The summed E-state index contributed by atoms with van der Waals surface area (Å²) >= 11 is 0. The van der Waals surface area contributed by atoms with Gasteiger partial charge in [0.05, 0.1) is 0 Å². The van der Waals surface area contributed by atoms with E-state index in [2.05, 4.69) is 4.74 Å². The van der Waals surface area contributed by atoms with Gasteiger partial charge in [-0.25, -0.2) is 4.79 Å². The van der Waals surface area contributed by atoms with Crippen LogP contribution in [0.25, 0.3) is 6.08 Å². The zero-order chi connectivity index (χ0) is 11.8. The molecule has 0 saturated heterocycles. The zero-order valence-corrected chi connectivity index (χ0v) is 8.74. The third-order valence-electron chi connectivity index (χ3n) is 1.84. The SMILES string of the molecule is O=C(/C=C/c1ccccc1)OC(O)CCO. The first-order valence-corrected chi connectivity index (χ1v) is 4.95. The molecular formula is C12H14O4. The monoisotopic (exact) mass is 222 g/mol. The van der Waals surface area contributed by atoms with Gasteiger partial charge in [-0.2, -0.15) is 0 Å². The molecule has 0 saturated carbocycles. The second kappa shape index (κ2) is 6.76. The molecule has 0 heterocycles. The summed E-state index contributed by atoms with van der Waals surface area (Å²) < 4.78 is 4.58. The van der Waals surface area contributed by atoms with E-state index in [4.69, 9.17) is 10.2 Å². The number of carbonyl (C=O) groups excluding carboxylic acids is 1. The van der Waals surface area contributed by atoms with Crippen molar-refractivity contribution >= 4 is 12.0 Å². The first kappa shape index (κ1) is 12.4. The molecule has 2 N–H and O–H groups in total. The van der Waals surface area contributed by atoms with Crippen LogP contribution in [0.1, 0.15) is 12.0 Å². The number of aliphatic hydroxyl groups is 2. The molecule has 0 aliphatic carbocycles. The molecule has 1 atom stereocenters. The summed E-state index contributed by atoms with van der Waals surface area (Å²) in [5.41, 5.74) is 0.871. The Kier molecular flexibility index (Phi) is 5.25. The highest BCUT2D eigenvalue weighted by Gasteiger charge is 2.06. The maximum Gasteiger partial charge on any atom is 0.333 e. The lowest BCUT2D eigenvalue weighted by atomic mass is 10.2. The van der Waals surface area contributed by atoms with Crippen molar-refractivity contribution < 1.29 is 19.7 Å².